The zero-order valence-corrected chi connectivity index (χ0v) is 13.3. The van der Waals surface area contributed by atoms with Gasteiger partial charge in [0, 0.05) is 17.8 Å². The van der Waals surface area contributed by atoms with Gasteiger partial charge in [-0.3, -0.25) is 0 Å². The van der Waals surface area contributed by atoms with Gasteiger partial charge in [-0.1, -0.05) is 23.7 Å². The Kier molecular flexibility index (Phi) is 5.34. The van der Waals surface area contributed by atoms with E-state index in [1.165, 1.54) is 5.56 Å². The molecule has 0 heterocycles. The lowest BCUT2D eigenvalue weighted by molar-refractivity contribution is 0.340. The third-order valence-corrected chi connectivity index (χ3v) is 3.54. The average Bonchev–Trinajstić information content (AvgIpc) is 2.50. The van der Waals surface area contributed by atoms with Crippen molar-refractivity contribution in [1.82, 2.24) is 0 Å². The zero-order chi connectivity index (χ0) is 15.2. The van der Waals surface area contributed by atoms with Crippen molar-refractivity contribution in [2.45, 2.75) is 19.9 Å². The number of rotatable bonds is 6. The van der Waals surface area contributed by atoms with Gasteiger partial charge in [-0.15, -0.1) is 0 Å². The Morgan fingerprint density at radius 3 is 2.48 bits per heavy atom. The molecule has 0 spiro atoms. The number of benzene rings is 2. The quantitative estimate of drug-likeness (QED) is 0.821. The molecule has 0 radical (unpaired) electrons. The SMILES string of the molecule is CCOc1ccc(C(C)Nc2ccc(Cl)c(OC)c2)cc1. The molecule has 2 aromatic carbocycles. The summed E-state index contributed by atoms with van der Waals surface area (Å²) in [5.74, 6) is 1.56. The van der Waals surface area contributed by atoms with E-state index in [4.69, 9.17) is 21.1 Å². The molecule has 0 amide bonds. The third-order valence-electron chi connectivity index (χ3n) is 3.23. The van der Waals surface area contributed by atoms with Crippen LogP contribution in [0.25, 0.3) is 0 Å². The van der Waals surface area contributed by atoms with E-state index in [0.717, 1.165) is 11.4 Å². The van der Waals surface area contributed by atoms with Crippen molar-refractivity contribution in [3.8, 4) is 11.5 Å². The first-order valence-corrected chi connectivity index (χ1v) is 7.34. The first-order chi connectivity index (χ1) is 10.1. The molecular weight excluding hydrogens is 286 g/mol. The van der Waals surface area contributed by atoms with Gasteiger partial charge in [-0.25, -0.2) is 0 Å². The maximum absolute atomic E-state index is 6.03. The summed E-state index contributed by atoms with van der Waals surface area (Å²) in [6.07, 6.45) is 0. The maximum atomic E-state index is 6.03. The molecule has 112 valence electrons. The first kappa shape index (κ1) is 15.5. The van der Waals surface area contributed by atoms with Gasteiger partial charge < -0.3 is 14.8 Å². The fourth-order valence-corrected chi connectivity index (χ4v) is 2.30. The molecule has 2 aromatic rings. The molecule has 0 fully saturated rings. The van der Waals surface area contributed by atoms with Gasteiger partial charge in [0.2, 0.25) is 0 Å². The van der Waals surface area contributed by atoms with Gasteiger partial charge in [0.05, 0.1) is 18.7 Å². The van der Waals surface area contributed by atoms with Gasteiger partial charge in [0.1, 0.15) is 11.5 Å². The monoisotopic (exact) mass is 305 g/mol. The second kappa shape index (κ2) is 7.23. The lowest BCUT2D eigenvalue weighted by Gasteiger charge is -2.17. The van der Waals surface area contributed by atoms with Gasteiger partial charge in [-0.05, 0) is 43.7 Å². The Labute approximate surface area is 130 Å². The summed E-state index contributed by atoms with van der Waals surface area (Å²) in [5.41, 5.74) is 2.16. The van der Waals surface area contributed by atoms with Crippen LogP contribution in [0.3, 0.4) is 0 Å². The van der Waals surface area contributed by atoms with Crippen LogP contribution in [0.4, 0.5) is 5.69 Å². The lowest BCUT2D eigenvalue weighted by Crippen LogP contribution is -2.06. The Balaban J connectivity index is 2.08. The smallest absolute Gasteiger partial charge is 0.139 e. The number of ether oxygens (including phenoxy) is 2. The summed E-state index contributed by atoms with van der Waals surface area (Å²) in [6.45, 7) is 4.76. The van der Waals surface area contributed by atoms with Gasteiger partial charge in [0.25, 0.3) is 0 Å². The summed E-state index contributed by atoms with van der Waals surface area (Å²) < 4.78 is 10.7. The highest BCUT2D eigenvalue weighted by atomic mass is 35.5. The molecule has 21 heavy (non-hydrogen) atoms. The minimum absolute atomic E-state index is 0.173. The van der Waals surface area contributed by atoms with E-state index in [1.54, 1.807) is 7.11 Å². The Bertz CT molecular complexity index is 584. The van der Waals surface area contributed by atoms with Crippen molar-refractivity contribution >= 4 is 17.3 Å². The van der Waals surface area contributed by atoms with Crippen LogP contribution in [-0.2, 0) is 0 Å². The predicted octanol–water partition coefficient (Wildman–Crippen LogP) is 4.92. The van der Waals surface area contributed by atoms with Crippen molar-refractivity contribution in [3.63, 3.8) is 0 Å². The van der Waals surface area contributed by atoms with Crippen molar-refractivity contribution in [3.05, 3.63) is 53.1 Å². The molecule has 0 aliphatic carbocycles. The minimum atomic E-state index is 0.173. The van der Waals surface area contributed by atoms with E-state index >= 15 is 0 Å². The Morgan fingerprint density at radius 2 is 1.86 bits per heavy atom. The standard InChI is InChI=1S/C17H20ClNO2/c1-4-21-15-8-5-13(6-9-15)12(2)19-14-7-10-16(18)17(11-14)20-3/h5-12,19H,4H2,1-3H3. The van der Waals surface area contributed by atoms with E-state index in [9.17, 15) is 0 Å². The van der Waals surface area contributed by atoms with Crippen LogP contribution in [0, 0.1) is 0 Å². The topological polar surface area (TPSA) is 30.5 Å². The molecule has 3 nitrogen and oxygen atoms in total. The van der Waals surface area contributed by atoms with Crippen molar-refractivity contribution in [1.29, 1.82) is 0 Å². The van der Waals surface area contributed by atoms with Gasteiger partial charge in [-0.2, -0.15) is 0 Å². The molecule has 1 atom stereocenters. The summed E-state index contributed by atoms with van der Waals surface area (Å²) in [4.78, 5) is 0. The van der Waals surface area contributed by atoms with Crippen LogP contribution in [0.1, 0.15) is 25.5 Å². The fraction of sp³-hybridized carbons (Fsp3) is 0.294. The normalized spacial score (nSPS) is 11.8. The Hall–Kier alpha value is -1.87. The highest BCUT2D eigenvalue weighted by Gasteiger charge is 2.08. The van der Waals surface area contributed by atoms with Crippen molar-refractivity contribution in [2.24, 2.45) is 0 Å². The highest BCUT2D eigenvalue weighted by Crippen LogP contribution is 2.29. The summed E-state index contributed by atoms with van der Waals surface area (Å²) in [5, 5.41) is 4.04. The predicted molar refractivity (Wildman–Crippen MR) is 87.7 cm³/mol. The average molecular weight is 306 g/mol. The maximum Gasteiger partial charge on any atom is 0.139 e. The first-order valence-electron chi connectivity index (χ1n) is 6.97. The molecular formula is C17H20ClNO2. The molecule has 4 heteroatoms. The van der Waals surface area contributed by atoms with Crippen molar-refractivity contribution in [2.75, 3.05) is 19.0 Å². The second-order valence-electron chi connectivity index (χ2n) is 4.72. The minimum Gasteiger partial charge on any atom is -0.495 e. The largest absolute Gasteiger partial charge is 0.495 e. The molecule has 0 aromatic heterocycles. The van der Waals surface area contributed by atoms with Crippen LogP contribution >= 0.6 is 11.6 Å². The van der Waals surface area contributed by atoms with Crippen LogP contribution in [0.15, 0.2) is 42.5 Å². The molecule has 0 saturated heterocycles. The third kappa shape index (κ3) is 4.05. The molecule has 0 bridgehead atoms. The van der Waals surface area contributed by atoms with Crippen LogP contribution in [0.5, 0.6) is 11.5 Å². The number of halogens is 1. The van der Waals surface area contributed by atoms with Crippen LogP contribution < -0.4 is 14.8 Å². The van der Waals surface area contributed by atoms with E-state index in [1.807, 2.05) is 37.3 Å². The molecule has 0 aliphatic heterocycles. The van der Waals surface area contributed by atoms with Crippen LogP contribution in [-0.4, -0.2) is 13.7 Å². The van der Waals surface area contributed by atoms with E-state index in [2.05, 4.69) is 24.4 Å². The number of nitrogens with one attached hydrogen (secondary N) is 1. The fourth-order valence-electron chi connectivity index (χ4n) is 2.10. The van der Waals surface area contributed by atoms with Crippen molar-refractivity contribution < 1.29 is 9.47 Å². The number of hydrogen-bond donors (Lipinski definition) is 1. The molecule has 1 N–H and O–H groups in total. The summed E-state index contributed by atoms with van der Waals surface area (Å²) >= 11 is 6.03. The molecule has 0 aliphatic rings. The highest BCUT2D eigenvalue weighted by molar-refractivity contribution is 6.32. The molecule has 1 unspecified atom stereocenters. The summed E-state index contributed by atoms with van der Waals surface area (Å²) in [6, 6.07) is 13.9. The number of methoxy groups -OCH3 is 1. The summed E-state index contributed by atoms with van der Waals surface area (Å²) in [7, 11) is 1.61. The second-order valence-corrected chi connectivity index (χ2v) is 5.12. The molecule has 0 saturated carbocycles. The van der Waals surface area contributed by atoms with E-state index in [-0.39, 0.29) is 6.04 Å². The van der Waals surface area contributed by atoms with Crippen LogP contribution in [0.2, 0.25) is 5.02 Å². The van der Waals surface area contributed by atoms with Gasteiger partial charge in [0.15, 0.2) is 0 Å². The molecule has 2 rings (SSSR count). The number of anilines is 1. The van der Waals surface area contributed by atoms with Gasteiger partial charge >= 0.3 is 0 Å². The van der Waals surface area contributed by atoms with E-state index < -0.39 is 0 Å². The lowest BCUT2D eigenvalue weighted by atomic mass is 10.1. The number of hydrogen-bond acceptors (Lipinski definition) is 3. The van der Waals surface area contributed by atoms with E-state index in [0.29, 0.717) is 17.4 Å². The zero-order valence-electron chi connectivity index (χ0n) is 12.5. The Morgan fingerprint density at radius 1 is 1.14 bits per heavy atom.